The zero-order chi connectivity index (χ0) is 43.8. The highest BCUT2D eigenvalue weighted by Gasteiger charge is 2.21. The van der Waals surface area contributed by atoms with Crippen LogP contribution in [0.1, 0.15) is 315 Å². The number of carboxylic acids is 3. The molecule has 356 valence electrons. The molecule has 0 fully saturated rings. The Balaban J connectivity index is 4.61. The van der Waals surface area contributed by atoms with Crippen LogP contribution in [-0.2, 0) is 14.4 Å². The van der Waals surface area contributed by atoms with E-state index in [0.29, 0.717) is 19.3 Å². The van der Waals surface area contributed by atoms with Gasteiger partial charge in [0.25, 0.3) is 0 Å². The molecule has 0 amide bonds. The van der Waals surface area contributed by atoms with Gasteiger partial charge >= 0.3 is 17.9 Å². The Bertz CT molecular complexity index is 905. The largest absolute Gasteiger partial charge is 0.481 e. The number of carbonyl (C=O) groups is 3. The Hall–Kier alpha value is -1.59. The van der Waals surface area contributed by atoms with E-state index in [1.165, 1.54) is 250 Å². The van der Waals surface area contributed by atoms with Crippen molar-refractivity contribution in [2.75, 3.05) is 0 Å². The number of carboxylic acid groups (broad SMARTS) is 3. The maximum atomic E-state index is 10.8. The maximum absolute atomic E-state index is 10.8. The van der Waals surface area contributed by atoms with E-state index < -0.39 is 17.9 Å². The van der Waals surface area contributed by atoms with E-state index in [1.807, 2.05) is 0 Å². The minimum absolute atomic E-state index is 0.324. The van der Waals surface area contributed by atoms with Gasteiger partial charge in [-0.15, -0.1) is 0 Å². The summed E-state index contributed by atoms with van der Waals surface area (Å²) in [6, 6.07) is 0. The second-order valence-corrected chi connectivity index (χ2v) is 19.2. The fourth-order valence-electron chi connectivity index (χ4n) is 9.59. The summed E-state index contributed by atoms with van der Waals surface area (Å²) in [5, 5.41) is 26.5. The molecule has 0 aromatic rings. The molecule has 2 unspecified atom stereocenters. The van der Waals surface area contributed by atoms with Crippen molar-refractivity contribution < 1.29 is 29.7 Å². The van der Waals surface area contributed by atoms with E-state index in [0.717, 1.165) is 50.4 Å². The molecule has 0 aromatic heterocycles. The molecule has 0 heterocycles. The van der Waals surface area contributed by atoms with Crippen LogP contribution in [-0.4, -0.2) is 33.2 Å². The summed E-state index contributed by atoms with van der Waals surface area (Å²) in [6.07, 6.45) is 59.9. The predicted octanol–water partition coefficient (Wildman–Crippen LogP) is 18.2. The molecule has 6 nitrogen and oxygen atoms in total. The molecule has 0 aromatic carbocycles. The second kappa shape index (κ2) is 48.4. The van der Waals surface area contributed by atoms with E-state index in [-0.39, 0.29) is 0 Å². The Morgan fingerprint density at radius 2 is 0.400 bits per heavy atom. The molecule has 60 heavy (non-hydrogen) atoms. The number of aliphatic carboxylic acids is 3. The van der Waals surface area contributed by atoms with Crippen molar-refractivity contribution in [2.24, 2.45) is 11.8 Å². The first-order valence-corrected chi connectivity index (χ1v) is 27.0. The van der Waals surface area contributed by atoms with Crippen LogP contribution in [0.15, 0.2) is 0 Å². The summed E-state index contributed by atoms with van der Waals surface area (Å²) < 4.78 is 0. The van der Waals surface area contributed by atoms with E-state index in [4.69, 9.17) is 15.3 Å². The van der Waals surface area contributed by atoms with Crippen LogP contribution in [0.4, 0.5) is 0 Å². The molecular weight excluding hydrogens is 745 g/mol. The lowest BCUT2D eigenvalue weighted by Gasteiger charge is -2.28. The predicted molar refractivity (Wildman–Crippen MR) is 257 cm³/mol. The molecule has 0 rings (SSSR count). The quantitative estimate of drug-likeness (QED) is 0.0526. The lowest BCUT2D eigenvalue weighted by molar-refractivity contribution is -0.138. The molecule has 0 spiro atoms. The molecule has 0 bridgehead atoms. The molecule has 0 saturated carbocycles. The minimum Gasteiger partial charge on any atom is -0.481 e. The Kier molecular flexibility index (Phi) is 47.2. The molecule has 6 heteroatoms. The standard InChI is InChI=1S/C54H104O6/c1-2-3-4-5-29-36-43-50(44-38-31-24-18-15-21-27-34-41-48-53(57)58)51(46-39-32-25-19-16-22-28-35-42-49-54(59)60)45-37-30-23-17-13-11-9-7-6-8-10-12-14-20-26-33-40-47-52(55)56/h50-51H,2-49H2,1H3,(H,55,56)(H,57,58)(H,59,60). The monoisotopic (exact) mass is 849 g/mol. The third-order valence-corrected chi connectivity index (χ3v) is 13.5. The zero-order valence-corrected chi connectivity index (χ0v) is 40.2. The van der Waals surface area contributed by atoms with Crippen LogP contribution >= 0.6 is 0 Å². The first-order valence-electron chi connectivity index (χ1n) is 27.0. The van der Waals surface area contributed by atoms with E-state index >= 15 is 0 Å². The smallest absolute Gasteiger partial charge is 0.303 e. The molecular formula is C54H104O6. The minimum atomic E-state index is -0.659. The summed E-state index contributed by atoms with van der Waals surface area (Å²) in [7, 11) is 0. The maximum Gasteiger partial charge on any atom is 0.303 e. The number of hydrogen-bond donors (Lipinski definition) is 3. The van der Waals surface area contributed by atoms with Crippen molar-refractivity contribution in [3.63, 3.8) is 0 Å². The third kappa shape index (κ3) is 47.5. The molecule has 0 aliphatic carbocycles. The highest BCUT2D eigenvalue weighted by atomic mass is 16.4. The third-order valence-electron chi connectivity index (χ3n) is 13.5. The highest BCUT2D eigenvalue weighted by molar-refractivity contribution is 5.67. The van der Waals surface area contributed by atoms with Crippen molar-refractivity contribution in [1.82, 2.24) is 0 Å². The second-order valence-electron chi connectivity index (χ2n) is 19.2. The summed E-state index contributed by atoms with van der Waals surface area (Å²) >= 11 is 0. The van der Waals surface area contributed by atoms with Crippen molar-refractivity contribution >= 4 is 17.9 Å². The van der Waals surface area contributed by atoms with E-state index in [9.17, 15) is 14.4 Å². The van der Waals surface area contributed by atoms with Crippen molar-refractivity contribution in [3.05, 3.63) is 0 Å². The first kappa shape index (κ1) is 58.4. The van der Waals surface area contributed by atoms with Gasteiger partial charge in [-0.05, 0) is 31.1 Å². The average Bonchev–Trinajstić information content (AvgIpc) is 3.22. The SMILES string of the molecule is CCCCCCCCC(CCCCCCCCCCCC(=O)O)C(CCCCCCCCCCCCCCCCCCCC(=O)O)CCCCCCCCCCCC(=O)O. The Morgan fingerprint density at radius 3 is 0.567 bits per heavy atom. The number of hydrogen-bond acceptors (Lipinski definition) is 3. The topological polar surface area (TPSA) is 112 Å². The van der Waals surface area contributed by atoms with Gasteiger partial charge in [-0.2, -0.15) is 0 Å². The molecule has 0 radical (unpaired) electrons. The summed E-state index contributed by atoms with van der Waals surface area (Å²) in [4.78, 5) is 32.1. The first-order chi connectivity index (χ1) is 29.4. The van der Waals surface area contributed by atoms with Crippen LogP contribution in [0.5, 0.6) is 0 Å². The van der Waals surface area contributed by atoms with Crippen LogP contribution < -0.4 is 0 Å². The van der Waals surface area contributed by atoms with Crippen LogP contribution in [0.3, 0.4) is 0 Å². The van der Waals surface area contributed by atoms with Crippen molar-refractivity contribution in [2.45, 2.75) is 315 Å². The van der Waals surface area contributed by atoms with Gasteiger partial charge < -0.3 is 15.3 Å². The average molecular weight is 849 g/mol. The van der Waals surface area contributed by atoms with Gasteiger partial charge in [0.05, 0.1) is 0 Å². The summed E-state index contributed by atoms with van der Waals surface area (Å²) in [5.74, 6) is -0.160. The van der Waals surface area contributed by atoms with Crippen LogP contribution in [0.25, 0.3) is 0 Å². The number of rotatable bonds is 52. The van der Waals surface area contributed by atoms with Gasteiger partial charge in [0.1, 0.15) is 0 Å². The van der Waals surface area contributed by atoms with Crippen molar-refractivity contribution in [3.8, 4) is 0 Å². The zero-order valence-electron chi connectivity index (χ0n) is 40.2. The Labute approximate surface area is 373 Å². The van der Waals surface area contributed by atoms with Crippen LogP contribution in [0.2, 0.25) is 0 Å². The van der Waals surface area contributed by atoms with Gasteiger partial charge in [0.15, 0.2) is 0 Å². The summed E-state index contributed by atoms with van der Waals surface area (Å²) in [6.45, 7) is 2.32. The Morgan fingerprint density at radius 1 is 0.250 bits per heavy atom. The fraction of sp³-hybridized carbons (Fsp3) is 0.944. The van der Waals surface area contributed by atoms with E-state index in [1.54, 1.807) is 0 Å². The lowest BCUT2D eigenvalue weighted by Crippen LogP contribution is -2.16. The summed E-state index contributed by atoms with van der Waals surface area (Å²) in [5.41, 5.74) is 0. The molecule has 2 atom stereocenters. The molecule has 0 aliphatic rings. The number of unbranched alkanes of at least 4 members (excludes halogenated alkanes) is 37. The van der Waals surface area contributed by atoms with Crippen molar-refractivity contribution in [1.29, 1.82) is 0 Å². The van der Waals surface area contributed by atoms with Gasteiger partial charge in [0.2, 0.25) is 0 Å². The highest BCUT2D eigenvalue weighted by Crippen LogP contribution is 2.34. The molecule has 0 saturated heterocycles. The molecule has 0 aliphatic heterocycles. The lowest BCUT2D eigenvalue weighted by atomic mass is 9.78. The van der Waals surface area contributed by atoms with Gasteiger partial charge in [0, 0.05) is 19.3 Å². The van der Waals surface area contributed by atoms with Crippen LogP contribution in [0, 0.1) is 11.8 Å². The fourth-order valence-corrected chi connectivity index (χ4v) is 9.59. The van der Waals surface area contributed by atoms with E-state index in [2.05, 4.69) is 6.92 Å². The normalized spacial score (nSPS) is 12.6. The van der Waals surface area contributed by atoms with Gasteiger partial charge in [-0.1, -0.05) is 277 Å². The van der Waals surface area contributed by atoms with Gasteiger partial charge in [-0.3, -0.25) is 14.4 Å². The van der Waals surface area contributed by atoms with Gasteiger partial charge in [-0.25, -0.2) is 0 Å². The molecule has 3 N–H and O–H groups in total.